The Hall–Kier alpha value is -0.620. The quantitative estimate of drug-likeness (QED) is 0.552. The SMILES string of the molecule is CCCC(CC(N=C=N)C1CCCCC1)C1CCCCC1. The highest BCUT2D eigenvalue weighted by atomic mass is 14.8. The summed E-state index contributed by atoms with van der Waals surface area (Å²) in [6.07, 6.45) is 17.9. The van der Waals surface area contributed by atoms with Crippen LogP contribution in [0, 0.1) is 23.2 Å². The van der Waals surface area contributed by atoms with Crippen molar-refractivity contribution >= 4 is 6.01 Å². The van der Waals surface area contributed by atoms with Crippen molar-refractivity contribution in [2.75, 3.05) is 0 Å². The van der Waals surface area contributed by atoms with Crippen LogP contribution in [0.25, 0.3) is 0 Å². The molecular formula is C19H34N2. The predicted octanol–water partition coefficient (Wildman–Crippen LogP) is 6.07. The van der Waals surface area contributed by atoms with Crippen molar-refractivity contribution in [3.63, 3.8) is 0 Å². The van der Waals surface area contributed by atoms with E-state index in [9.17, 15) is 0 Å². The van der Waals surface area contributed by atoms with Gasteiger partial charge in [-0.1, -0.05) is 71.1 Å². The van der Waals surface area contributed by atoms with E-state index in [2.05, 4.69) is 17.9 Å². The Morgan fingerprint density at radius 2 is 1.52 bits per heavy atom. The zero-order valence-corrected chi connectivity index (χ0v) is 13.9. The lowest BCUT2D eigenvalue weighted by atomic mass is 9.72. The number of hydrogen-bond donors (Lipinski definition) is 1. The van der Waals surface area contributed by atoms with Gasteiger partial charge in [0, 0.05) is 0 Å². The molecule has 0 bridgehead atoms. The predicted molar refractivity (Wildman–Crippen MR) is 90.1 cm³/mol. The van der Waals surface area contributed by atoms with Crippen LogP contribution in [-0.2, 0) is 0 Å². The molecule has 2 aliphatic carbocycles. The van der Waals surface area contributed by atoms with Crippen molar-refractivity contribution < 1.29 is 0 Å². The van der Waals surface area contributed by atoms with E-state index in [1.54, 1.807) is 0 Å². The molecule has 2 nitrogen and oxygen atoms in total. The average molecular weight is 290 g/mol. The average Bonchev–Trinajstić information content (AvgIpc) is 2.55. The van der Waals surface area contributed by atoms with E-state index < -0.39 is 0 Å². The van der Waals surface area contributed by atoms with E-state index in [0.29, 0.717) is 6.04 Å². The Kier molecular flexibility index (Phi) is 7.50. The maximum absolute atomic E-state index is 7.33. The monoisotopic (exact) mass is 290 g/mol. The first-order valence-electron chi connectivity index (χ1n) is 9.46. The molecule has 2 atom stereocenters. The molecule has 2 heteroatoms. The molecule has 0 aromatic carbocycles. The van der Waals surface area contributed by atoms with Crippen LogP contribution in [0.4, 0.5) is 0 Å². The van der Waals surface area contributed by atoms with Gasteiger partial charge in [0.15, 0.2) is 0 Å². The molecule has 2 fully saturated rings. The van der Waals surface area contributed by atoms with Crippen LogP contribution in [0.15, 0.2) is 4.99 Å². The van der Waals surface area contributed by atoms with Gasteiger partial charge < -0.3 is 0 Å². The number of rotatable bonds is 7. The summed E-state index contributed by atoms with van der Waals surface area (Å²) in [5, 5.41) is 7.33. The van der Waals surface area contributed by atoms with Gasteiger partial charge in [-0.05, 0) is 37.0 Å². The normalized spacial score (nSPS) is 24.2. The topological polar surface area (TPSA) is 36.2 Å². The molecular weight excluding hydrogens is 256 g/mol. The summed E-state index contributed by atoms with van der Waals surface area (Å²) >= 11 is 0. The Balaban J connectivity index is 1.97. The first-order valence-corrected chi connectivity index (χ1v) is 9.46. The van der Waals surface area contributed by atoms with Crippen molar-refractivity contribution in [1.82, 2.24) is 0 Å². The van der Waals surface area contributed by atoms with Gasteiger partial charge in [0.1, 0.15) is 0 Å². The fraction of sp³-hybridized carbons (Fsp3) is 0.947. The Morgan fingerprint density at radius 1 is 0.952 bits per heavy atom. The van der Waals surface area contributed by atoms with E-state index in [1.165, 1.54) is 83.5 Å². The Morgan fingerprint density at radius 3 is 2.05 bits per heavy atom. The molecule has 2 rings (SSSR count). The largest absolute Gasteiger partial charge is 0.242 e. The van der Waals surface area contributed by atoms with Crippen LogP contribution < -0.4 is 0 Å². The van der Waals surface area contributed by atoms with Crippen molar-refractivity contribution in [2.24, 2.45) is 22.7 Å². The molecule has 0 saturated heterocycles. The highest BCUT2D eigenvalue weighted by molar-refractivity contribution is 5.36. The molecule has 2 aliphatic rings. The number of hydrogen-bond acceptors (Lipinski definition) is 2. The molecule has 0 aromatic rings. The summed E-state index contributed by atoms with van der Waals surface area (Å²) in [5.41, 5.74) is 0. The lowest BCUT2D eigenvalue weighted by molar-refractivity contribution is 0.186. The fourth-order valence-electron chi connectivity index (χ4n) is 4.78. The van der Waals surface area contributed by atoms with Crippen LogP contribution in [-0.4, -0.2) is 12.1 Å². The smallest absolute Gasteiger partial charge is 0.0864 e. The van der Waals surface area contributed by atoms with Gasteiger partial charge >= 0.3 is 0 Å². The molecule has 21 heavy (non-hydrogen) atoms. The number of aliphatic imine (C=N–C) groups is 1. The second-order valence-electron chi connectivity index (χ2n) is 7.39. The fourth-order valence-corrected chi connectivity index (χ4v) is 4.78. The van der Waals surface area contributed by atoms with Crippen molar-refractivity contribution in [2.45, 2.75) is 96.4 Å². The van der Waals surface area contributed by atoms with Crippen LogP contribution in [0.2, 0.25) is 0 Å². The van der Waals surface area contributed by atoms with Gasteiger partial charge in [0.2, 0.25) is 0 Å². The Labute approximate surface area is 131 Å². The van der Waals surface area contributed by atoms with Gasteiger partial charge in [0.25, 0.3) is 0 Å². The molecule has 2 saturated carbocycles. The summed E-state index contributed by atoms with van der Waals surface area (Å²) in [6, 6.07) is 2.78. The highest BCUT2D eigenvalue weighted by Crippen LogP contribution is 2.38. The summed E-state index contributed by atoms with van der Waals surface area (Å²) in [6.45, 7) is 2.32. The van der Waals surface area contributed by atoms with Gasteiger partial charge in [-0.25, -0.2) is 10.4 Å². The summed E-state index contributed by atoms with van der Waals surface area (Å²) in [7, 11) is 0. The molecule has 0 amide bonds. The van der Waals surface area contributed by atoms with E-state index in [-0.39, 0.29) is 0 Å². The van der Waals surface area contributed by atoms with Crippen LogP contribution in [0.1, 0.15) is 90.4 Å². The molecule has 120 valence electrons. The third kappa shape index (κ3) is 5.25. The molecule has 2 unspecified atom stereocenters. The highest BCUT2D eigenvalue weighted by Gasteiger charge is 2.30. The third-order valence-electron chi connectivity index (χ3n) is 5.94. The number of nitrogens with zero attached hydrogens (tertiary/aromatic N) is 1. The minimum atomic E-state index is 0.390. The lowest BCUT2D eigenvalue weighted by Gasteiger charge is -2.34. The second kappa shape index (κ2) is 9.41. The first-order chi connectivity index (χ1) is 10.3. The molecule has 0 radical (unpaired) electrons. The van der Waals surface area contributed by atoms with E-state index >= 15 is 0 Å². The van der Waals surface area contributed by atoms with E-state index in [1.807, 2.05) is 0 Å². The summed E-state index contributed by atoms with van der Waals surface area (Å²) < 4.78 is 0. The van der Waals surface area contributed by atoms with Gasteiger partial charge in [0.05, 0.1) is 12.1 Å². The lowest BCUT2D eigenvalue weighted by Crippen LogP contribution is -2.28. The van der Waals surface area contributed by atoms with Gasteiger partial charge in [-0.2, -0.15) is 0 Å². The minimum Gasteiger partial charge on any atom is -0.242 e. The molecule has 0 aliphatic heterocycles. The van der Waals surface area contributed by atoms with Gasteiger partial charge in [-0.15, -0.1) is 0 Å². The third-order valence-corrected chi connectivity index (χ3v) is 5.94. The minimum absolute atomic E-state index is 0.390. The molecule has 0 aromatic heterocycles. The standard InChI is InChI=1S/C19H34N2/c1-2-9-18(16-10-5-3-6-11-16)14-19(21-15-20)17-12-7-4-8-13-17/h16-20H,2-14H2,1H3. The Bertz CT molecular complexity index is 320. The maximum Gasteiger partial charge on any atom is 0.0864 e. The van der Waals surface area contributed by atoms with Gasteiger partial charge in [-0.3, -0.25) is 0 Å². The molecule has 0 spiro atoms. The zero-order chi connectivity index (χ0) is 14.9. The maximum atomic E-state index is 7.33. The van der Waals surface area contributed by atoms with Crippen molar-refractivity contribution in [3.8, 4) is 0 Å². The summed E-state index contributed by atoms with van der Waals surface area (Å²) in [5.74, 6) is 2.52. The number of nitrogens with one attached hydrogen (secondary N) is 1. The van der Waals surface area contributed by atoms with E-state index in [0.717, 1.165) is 17.8 Å². The molecule has 0 heterocycles. The van der Waals surface area contributed by atoms with E-state index in [4.69, 9.17) is 5.41 Å². The van der Waals surface area contributed by atoms with Crippen molar-refractivity contribution in [3.05, 3.63) is 0 Å². The zero-order valence-electron chi connectivity index (χ0n) is 13.9. The van der Waals surface area contributed by atoms with Crippen LogP contribution in [0.3, 0.4) is 0 Å². The van der Waals surface area contributed by atoms with Crippen molar-refractivity contribution in [1.29, 1.82) is 5.41 Å². The summed E-state index contributed by atoms with van der Waals surface area (Å²) in [4.78, 5) is 4.48. The van der Waals surface area contributed by atoms with Crippen LogP contribution >= 0.6 is 0 Å². The molecule has 1 N–H and O–H groups in total. The first kappa shape index (κ1) is 16.7. The second-order valence-corrected chi connectivity index (χ2v) is 7.39. The van der Waals surface area contributed by atoms with Crippen LogP contribution in [0.5, 0.6) is 0 Å².